The van der Waals surface area contributed by atoms with Crippen LogP contribution in [-0.4, -0.2) is 45.4 Å². The molecule has 0 saturated heterocycles. The minimum Gasteiger partial charge on any atom is -0.352 e. The molecule has 0 radical (unpaired) electrons. The van der Waals surface area contributed by atoms with Crippen molar-refractivity contribution in [1.29, 1.82) is 0 Å². The Morgan fingerprint density at radius 1 is 1.23 bits per heavy atom. The number of aromatic nitrogens is 4. The molecule has 0 aliphatic heterocycles. The molecule has 0 spiro atoms. The smallest absolute Gasteiger partial charge is 0.224 e. The van der Waals surface area contributed by atoms with E-state index >= 15 is 0 Å². The molecular formula is C20H19ClFN5O3S. The van der Waals surface area contributed by atoms with Gasteiger partial charge in [0.2, 0.25) is 5.91 Å². The van der Waals surface area contributed by atoms with Crippen LogP contribution < -0.4 is 5.32 Å². The van der Waals surface area contributed by atoms with E-state index in [4.69, 9.17) is 11.6 Å². The molecule has 0 unspecified atom stereocenters. The zero-order valence-corrected chi connectivity index (χ0v) is 18.1. The summed E-state index contributed by atoms with van der Waals surface area (Å²) in [6.45, 7) is 1.76. The molecule has 3 aromatic rings. The lowest BCUT2D eigenvalue weighted by molar-refractivity contribution is -0.121. The van der Waals surface area contributed by atoms with Crippen molar-refractivity contribution >= 4 is 27.3 Å². The van der Waals surface area contributed by atoms with Crippen molar-refractivity contribution in [3.05, 3.63) is 65.2 Å². The number of hydrogen-bond acceptors (Lipinski definition) is 6. The molecule has 162 valence electrons. The fourth-order valence-corrected chi connectivity index (χ4v) is 5.52. The number of rotatable bonds is 6. The quantitative estimate of drug-likeness (QED) is 0.562. The van der Waals surface area contributed by atoms with E-state index in [9.17, 15) is 17.6 Å². The van der Waals surface area contributed by atoms with Crippen molar-refractivity contribution in [2.45, 2.75) is 42.4 Å². The Balaban J connectivity index is 1.42. The lowest BCUT2D eigenvalue weighted by Crippen LogP contribution is -2.54. The van der Waals surface area contributed by atoms with Gasteiger partial charge in [-0.2, -0.15) is 5.10 Å². The van der Waals surface area contributed by atoms with E-state index in [0.717, 1.165) is 12.1 Å². The van der Waals surface area contributed by atoms with Crippen molar-refractivity contribution in [2.75, 3.05) is 0 Å². The number of benzene rings is 1. The van der Waals surface area contributed by atoms with Crippen molar-refractivity contribution in [2.24, 2.45) is 0 Å². The SMILES string of the molecule is Cc1ncc(-n2cc(CC(=O)N[C@@H]3CC[C@@H]3S(=O)(=O)c3ccc(F)cc3)c(Cl)n2)cn1. The highest BCUT2D eigenvalue weighted by molar-refractivity contribution is 7.92. The molecule has 31 heavy (non-hydrogen) atoms. The normalized spacial score (nSPS) is 18.4. The van der Waals surface area contributed by atoms with E-state index < -0.39 is 26.9 Å². The second-order valence-corrected chi connectivity index (χ2v) is 9.87. The summed E-state index contributed by atoms with van der Waals surface area (Å²) in [6.07, 6.45) is 5.72. The standard InChI is InChI=1S/C20H19ClFN5O3S/c1-12-23-9-15(10-24-12)27-11-13(20(21)26-27)8-19(28)25-17-6-7-18(17)31(29,30)16-4-2-14(22)3-5-16/h2-5,9-11,17-18H,6-8H2,1H3,(H,25,28)/t17-,18+/m1/s1. The second-order valence-electron chi connectivity index (χ2n) is 7.34. The third-order valence-electron chi connectivity index (χ3n) is 5.22. The number of carbonyl (C=O) groups is 1. The van der Waals surface area contributed by atoms with E-state index in [-0.39, 0.29) is 22.4 Å². The largest absolute Gasteiger partial charge is 0.352 e. The van der Waals surface area contributed by atoms with Crippen molar-refractivity contribution in [3.63, 3.8) is 0 Å². The summed E-state index contributed by atoms with van der Waals surface area (Å²) in [5.74, 6) is -0.245. The van der Waals surface area contributed by atoms with Gasteiger partial charge in [0.05, 0.1) is 29.0 Å². The van der Waals surface area contributed by atoms with Crippen LogP contribution in [0.15, 0.2) is 47.8 Å². The van der Waals surface area contributed by atoms with Crippen molar-refractivity contribution in [1.82, 2.24) is 25.1 Å². The number of amides is 1. The fourth-order valence-electron chi connectivity index (χ4n) is 3.38. The van der Waals surface area contributed by atoms with Crippen LogP contribution >= 0.6 is 11.6 Å². The highest BCUT2D eigenvalue weighted by atomic mass is 35.5. The summed E-state index contributed by atoms with van der Waals surface area (Å²) in [5, 5.41) is 6.37. The van der Waals surface area contributed by atoms with Gasteiger partial charge >= 0.3 is 0 Å². The molecule has 1 aliphatic rings. The Hall–Kier alpha value is -2.85. The number of aryl methyl sites for hydroxylation is 1. The van der Waals surface area contributed by atoms with Gasteiger partial charge in [-0.15, -0.1) is 0 Å². The molecule has 1 aliphatic carbocycles. The third-order valence-corrected chi connectivity index (χ3v) is 7.83. The van der Waals surface area contributed by atoms with Crippen LogP contribution in [0.1, 0.15) is 24.2 Å². The fraction of sp³-hybridized carbons (Fsp3) is 0.300. The summed E-state index contributed by atoms with van der Waals surface area (Å²) in [7, 11) is -3.67. The number of carbonyl (C=O) groups excluding carboxylic acids is 1. The Morgan fingerprint density at radius 2 is 1.90 bits per heavy atom. The van der Waals surface area contributed by atoms with E-state index in [2.05, 4.69) is 20.4 Å². The zero-order chi connectivity index (χ0) is 22.2. The van der Waals surface area contributed by atoms with Gasteiger partial charge in [-0.25, -0.2) is 27.5 Å². The molecule has 1 saturated carbocycles. The van der Waals surface area contributed by atoms with Gasteiger partial charge in [0.1, 0.15) is 17.3 Å². The van der Waals surface area contributed by atoms with E-state index in [0.29, 0.717) is 29.9 Å². The Labute approximate surface area is 183 Å². The number of halogens is 2. The van der Waals surface area contributed by atoms with Gasteiger partial charge < -0.3 is 5.32 Å². The van der Waals surface area contributed by atoms with Gasteiger partial charge in [0, 0.05) is 17.8 Å². The number of hydrogen-bond donors (Lipinski definition) is 1. The first kappa shape index (κ1) is 21.4. The lowest BCUT2D eigenvalue weighted by Gasteiger charge is -2.36. The average molecular weight is 464 g/mol. The summed E-state index contributed by atoms with van der Waals surface area (Å²) in [4.78, 5) is 20.8. The first-order valence-corrected chi connectivity index (χ1v) is 11.5. The van der Waals surface area contributed by atoms with Crippen LogP contribution in [-0.2, 0) is 21.1 Å². The van der Waals surface area contributed by atoms with Crippen molar-refractivity contribution < 1.29 is 17.6 Å². The second kappa shape index (κ2) is 8.35. The lowest BCUT2D eigenvalue weighted by atomic mass is 9.92. The van der Waals surface area contributed by atoms with Gasteiger partial charge in [0.15, 0.2) is 15.0 Å². The molecule has 1 amide bonds. The first-order valence-electron chi connectivity index (χ1n) is 9.56. The van der Waals surface area contributed by atoms with Crippen molar-refractivity contribution in [3.8, 4) is 5.69 Å². The Bertz CT molecular complexity index is 1210. The summed E-state index contributed by atoms with van der Waals surface area (Å²) in [6, 6.07) is 4.19. The molecule has 2 atom stereocenters. The van der Waals surface area contributed by atoms with Crippen LogP contribution in [0.25, 0.3) is 5.69 Å². The molecule has 1 aromatic carbocycles. The topological polar surface area (TPSA) is 107 Å². The van der Waals surface area contributed by atoms with Crippen LogP contribution in [0, 0.1) is 12.7 Å². The maximum atomic E-state index is 13.1. The van der Waals surface area contributed by atoms with Crippen LogP contribution in [0.5, 0.6) is 0 Å². The number of nitrogens with zero attached hydrogens (tertiary/aromatic N) is 4. The van der Waals surface area contributed by atoms with Gasteiger partial charge in [-0.05, 0) is 44.0 Å². The van der Waals surface area contributed by atoms with Gasteiger partial charge in [-0.1, -0.05) is 11.6 Å². The highest BCUT2D eigenvalue weighted by Gasteiger charge is 2.42. The molecule has 2 aromatic heterocycles. The van der Waals surface area contributed by atoms with E-state index in [1.807, 2.05) is 0 Å². The molecule has 0 bridgehead atoms. The molecule has 1 fully saturated rings. The van der Waals surface area contributed by atoms with E-state index in [1.165, 1.54) is 16.8 Å². The minimum absolute atomic E-state index is 0.0440. The number of sulfone groups is 1. The van der Waals surface area contributed by atoms with E-state index in [1.54, 1.807) is 25.5 Å². The highest BCUT2D eigenvalue weighted by Crippen LogP contribution is 2.32. The summed E-state index contributed by atoms with van der Waals surface area (Å²) < 4.78 is 40.2. The summed E-state index contributed by atoms with van der Waals surface area (Å²) in [5.41, 5.74) is 1.10. The van der Waals surface area contributed by atoms with Crippen LogP contribution in [0.3, 0.4) is 0 Å². The predicted octanol–water partition coefficient (Wildman–Crippen LogP) is 2.43. The molecule has 4 rings (SSSR count). The first-order chi connectivity index (χ1) is 14.7. The summed E-state index contributed by atoms with van der Waals surface area (Å²) >= 11 is 6.17. The minimum atomic E-state index is -3.67. The average Bonchev–Trinajstić information content (AvgIpc) is 3.06. The van der Waals surface area contributed by atoms with Gasteiger partial charge in [-0.3, -0.25) is 4.79 Å². The Kier molecular flexibility index (Phi) is 5.76. The predicted molar refractivity (Wildman–Crippen MR) is 111 cm³/mol. The molecule has 11 heteroatoms. The molecule has 8 nitrogen and oxygen atoms in total. The third kappa shape index (κ3) is 4.45. The molecule has 2 heterocycles. The monoisotopic (exact) mass is 463 g/mol. The maximum Gasteiger partial charge on any atom is 0.224 e. The van der Waals surface area contributed by atoms with Gasteiger partial charge in [0.25, 0.3) is 0 Å². The van der Waals surface area contributed by atoms with Crippen LogP contribution in [0.2, 0.25) is 5.15 Å². The Morgan fingerprint density at radius 3 is 2.52 bits per heavy atom. The maximum absolute atomic E-state index is 13.1. The zero-order valence-electron chi connectivity index (χ0n) is 16.5. The molecular weight excluding hydrogens is 445 g/mol. The molecule has 1 N–H and O–H groups in total. The number of nitrogens with one attached hydrogen (secondary N) is 1. The van der Waals surface area contributed by atoms with Crippen LogP contribution in [0.4, 0.5) is 4.39 Å².